The molecular weight excluding hydrogens is 219 g/mol. The van der Waals surface area contributed by atoms with Gasteiger partial charge in [-0.3, -0.25) is 0 Å². The molecule has 80 valence electrons. The van der Waals surface area contributed by atoms with Crippen LogP contribution in [0.1, 0.15) is 11.6 Å². The second-order valence-electron chi connectivity index (χ2n) is 2.57. The van der Waals surface area contributed by atoms with Crippen molar-refractivity contribution in [3.63, 3.8) is 0 Å². The summed E-state index contributed by atoms with van der Waals surface area (Å²) in [5, 5.41) is 8.76. The monoisotopic (exact) mass is 227 g/mol. The van der Waals surface area contributed by atoms with Crippen molar-refractivity contribution in [3.05, 3.63) is 29.6 Å². The van der Waals surface area contributed by atoms with Crippen LogP contribution in [0.5, 0.6) is 5.75 Å². The standard InChI is InChI=1S/C8H8F3NO.ClH/c9-5-3-4(1-2-6(5)13)7(12)8(10)11;/h1-3,7-8,13H,12H2;1H/t7-;/m1./s1. The van der Waals surface area contributed by atoms with Crippen molar-refractivity contribution < 1.29 is 18.3 Å². The molecule has 1 atom stereocenters. The molecule has 0 bridgehead atoms. The summed E-state index contributed by atoms with van der Waals surface area (Å²) in [5.74, 6) is -1.53. The van der Waals surface area contributed by atoms with Gasteiger partial charge in [0.1, 0.15) is 0 Å². The minimum atomic E-state index is -2.75. The fourth-order valence-corrected chi connectivity index (χ4v) is 0.876. The summed E-state index contributed by atoms with van der Waals surface area (Å²) in [6.45, 7) is 0. The number of hydrogen-bond acceptors (Lipinski definition) is 2. The Morgan fingerprint density at radius 3 is 2.29 bits per heavy atom. The fourth-order valence-electron chi connectivity index (χ4n) is 0.876. The van der Waals surface area contributed by atoms with Crippen molar-refractivity contribution in [1.29, 1.82) is 0 Å². The zero-order chi connectivity index (χ0) is 10.0. The summed E-state index contributed by atoms with van der Waals surface area (Å²) in [5.41, 5.74) is 5.02. The Morgan fingerprint density at radius 1 is 1.29 bits per heavy atom. The van der Waals surface area contributed by atoms with E-state index in [0.717, 1.165) is 18.2 Å². The molecule has 0 saturated heterocycles. The summed E-state index contributed by atoms with van der Waals surface area (Å²) in [7, 11) is 0. The number of alkyl halides is 2. The molecule has 0 heterocycles. The van der Waals surface area contributed by atoms with Crippen LogP contribution in [-0.2, 0) is 0 Å². The number of nitrogens with two attached hydrogens (primary N) is 1. The Morgan fingerprint density at radius 2 is 1.86 bits per heavy atom. The Labute approximate surface area is 84.9 Å². The van der Waals surface area contributed by atoms with Gasteiger partial charge < -0.3 is 10.8 Å². The predicted octanol–water partition coefficient (Wildman–Crippen LogP) is 2.22. The number of halogens is 4. The number of phenolic OH excluding ortho intramolecular Hbond substituents is 1. The molecule has 1 aromatic carbocycles. The van der Waals surface area contributed by atoms with Crippen molar-refractivity contribution in [2.24, 2.45) is 5.73 Å². The summed E-state index contributed by atoms with van der Waals surface area (Å²) in [6.07, 6.45) is -2.75. The van der Waals surface area contributed by atoms with Crippen molar-refractivity contribution >= 4 is 12.4 Å². The van der Waals surface area contributed by atoms with Gasteiger partial charge in [0, 0.05) is 0 Å². The quantitative estimate of drug-likeness (QED) is 0.814. The maximum Gasteiger partial charge on any atom is 0.257 e. The van der Waals surface area contributed by atoms with E-state index in [0.29, 0.717) is 0 Å². The lowest BCUT2D eigenvalue weighted by Crippen LogP contribution is -2.18. The summed E-state index contributed by atoms with van der Waals surface area (Å²) < 4.78 is 36.7. The van der Waals surface area contributed by atoms with Gasteiger partial charge in [-0.05, 0) is 17.7 Å². The first kappa shape index (κ1) is 13.1. The largest absolute Gasteiger partial charge is 0.505 e. The van der Waals surface area contributed by atoms with E-state index in [1.54, 1.807) is 0 Å². The van der Waals surface area contributed by atoms with E-state index in [1.165, 1.54) is 0 Å². The zero-order valence-corrected chi connectivity index (χ0v) is 7.77. The van der Waals surface area contributed by atoms with E-state index < -0.39 is 24.0 Å². The molecule has 0 unspecified atom stereocenters. The lowest BCUT2D eigenvalue weighted by Gasteiger charge is -2.10. The first-order valence-electron chi connectivity index (χ1n) is 3.54. The van der Waals surface area contributed by atoms with E-state index in [9.17, 15) is 13.2 Å². The normalized spacial score (nSPS) is 12.4. The number of rotatable bonds is 2. The first-order chi connectivity index (χ1) is 6.02. The average molecular weight is 228 g/mol. The van der Waals surface area contributed by atoms with Gasteiger partial charge in [0.15, 0.2) is 11.6 Å². The van der Waals surface area contributed by atoms with Crippen LogP contribution in [0.2, 0.25) is 0 Å². The highest BCUT2D eigenvalue weighted by Gasteiger charge is 2.18. The van der Waals surface area contributed by atoms with Crippen LogP contribution in [0.3, 0.4) is 0 Å². The molecule has 0 aliphatic heterocycles. The molecule has 1 rings (SSSR count). The van der Waals surface area contributed by atoms with Gasteiger partial charge >= 0.3 is 0 Å². The highest BCUT2D eigenvalue weighted by Crippen LogP contribution is 2.22. The lowest BCUT2D eigenvalue weighted by atomic mass is 10.1. The smallest absolute Gasteiger partial charge is 0.257 e. The van der Waals surface area contributed by atoms with E-state index in [4.69, 9.17) is 10.8 Å². The van der Waals surface area contributed by atoms with Gasteiger partial charge in [-0.15, -0.1) is 12.4 Å². The molecule has 0 fully saturated rings. The highest BCUT2D eigenvalue weighted by atomic mass is 35.5. The van der Waals surface area contributed by atoms with Gasteiger partial charge in [0.2, 0.25) is 0 Å². The molecule has 1 aromatic rings. The average Bonchev–Trinajstić information content (AvgIpc) is 2.08. The Hall–Kier alpha value is -0.940. The van der Waals surface area contributed by atoms with E-state index in [2.05, 4.69) is 0 Å². The Bertz CT molecular complexity index is 309. The predicted molar refractivity (Wildman–Crippen MR) is 48.2 cm³/mol. The molecule has 0 amide bonds. The summed E-state index contributed by atoms with van der Waals surface area (Å²) in [4.78, 5) is 0. The molecule has 6 heteroatoms. The van der Waals surface area contributed by atoms with Gasteiger partial charge in [-0.2, -0.15) is 0 Å². The van der Waals surface area contributed by atoms with Crippen LogP contribution in [0.25, 0.3) is 0 Å². The van der Waals surface area contributed by atoms with E-state index in [1.807, 2.05) is 0 Å². The second-order valence-corrected chi connectivity index (χ2v) is 2.57. The highest BCUT2D eigenvalue weighted by molar-refractivity contribution is 5.85. The minimum absolute atomic E-state index is 0. The van der Waals surface area contributed by atoms with Crippen LogP contribution in [0.4, 0.5) is 13.2 Å². The van der Waals surface area contributed by atoms with Crippen molar-refractivity contribution in [2.75, 3.05) is 0 Å². The zero-order valence-electron chi connectivity index (χ0n) is 6.95. The molecule has 0 spiro atoms. The van der Waals surface area contributed by atoms with Crippen molar-refractivity contribution in [3.8, 4) is 5.75 Å². The maximum absolute atomic E-state index is 12.7. The topological polar surface area (TPSA) is 46.2 Å². The number of aromatic hydroxyl groups is 1. The molecule has 0 saturated carbocycles. The van der Waals surface area contributed by atoms with Crippen LogP contribution in [-0.4, -0.2) is 11.5 Å². The molecular formula is C8H9ClF3NO. The van der Waals surface area contributed by atoms with Gasteiger partial charge in [-0.25, -0.2) is 13.2 Å². The van der Waals surface area contributed by atoms with Crippen LogP contribution >= 0.6 is 12.4 Å². The Kier molecular flexibility index (Phi) is 4.73. The maximum atomic E-state index is 12.7. The molecule has 0 radical (unpaired) electrons. The first-order valence-corrected chi connectivity index (χ1v) is 3.54. The molecule has 0 aliphatic carbocycles. The third kappa shape index (κ3) is 2.78. The molecule has 14 heavy (non-hydrogen) atoms. The summed E-state index contributed by atoms with van der Waals surface area (Å²) >= 11 is 0. The van der Waals surface area contributed by atoms with Crippen LogP contribution in [0.15, 0.2) is 18.2 Å². The summed E-state index contributed by atoms with van der Waals surface area (Å²) in [6, 6.07) is 1.43. The third-order valence-electron chi connectivity index (χ3n) is 1.63. The van der Waals surface area contributed by atoms with Crippen molar-refractivity contribution in [1.82, 2.24) is 0 Å². The fraction of sp³-hybridized carbons (Fsp3) is 0.250. The molecule has 3 N–H and O–H groups in total. The van der Waals surface area contributed by atoms with Crippen LogP contribution in [0, 0.1) is 5.82 Å². The lowest BCUT2D eigenvalue weighted by molar-refractivity contribution is 0.116. The third-order valence-corrected chi connectivity index (χ3v) is 1.63. The van der Waals surface area contributed by atoms with E-state index >= 15 is 0 Å². The number of phenols is 1. The molecule has 0 aliphatic rings. The van der Waals surface area contributed by atoms with Gasteiger partial charge in [0.05, 0.1) is 6.04 Å². The van der Waals surface area contributed by atoms with Gasteiger partial charge in [0.25, 0.3) is 6.43 Å². The molecule has 2 nitrogen and oxygen atoms in total. The SMILES string of the molecule is Cl.N[C@H](c1ccc(O)c(F)c1)C(F)F. The van der Waals surface area contributed by atoms with Gasteiger partial charge in [-0.1, -0.05) is 6.07 Å². The van der Waals surface area contributed by atoms with E-state index in [-0.39, 0.29) is 18.0 Å². The second kappa shape index (κ2) is 5.07. The van der Waals surface area contributed by atoms with Crippen LogP contribution < -0.4 is 5.73 Å². The number of benzene rings is 1. The Balaban J connectivity index is 0.00000169. The number of hydrogen-bond donors (Lipinski definition) is 2. The van der Waals surface area contributed by atoms with Crippen molar-refractivity contribution in [2.45, 2.75) is 12.5 Å². The molecule has 0 aromatic heterocycles. The minimum Gasteiger partial charge on any atom is -0.505 e.